The van der Waals surface area contributed by atoms with Gasteiger partial charge >= 0.3 is 0 Å². The van der Waals surface area contributed by atoms with Crippen LogP contribution in [0.25, 0.3) is 0 Å². The fourth-order valence-electron chi connectivity index (χ4n) is 4.67. The van der Waals surface area contributed by atoms with E-state index in [2.05, 4.69) is 76.9 Å². The summed E-state index contributed by atoms with van der Waals surface area (Å²) in [6.45, 7) is 3.08. The van der Waals surface area contributed by atoms with Crippen molar-refractivity contribution in [3.63, 3.8) is 0 Å². The second-order valence-corrected chi connectivity index (χ2v) is 8.83. The number of hydrogen-bond donors (Lipinski definition) is 1. The highest BCUT2D eigenvalue weighted by molar-refractivity contribution is 5.78. The minimum atomic E-state index is 0.0615. The lowest BCUT2D eigenvalue weighted by molar-refractivity contribution is -0.121. The van der Waals surface area contributed by atoms with Crippen LogP contribution in [0, 0.1) is 11.3 Å². The van der Waals surface area contributed by atoms with Crippen LogP contribution in [0.5, 0.6) is 0 Å². The van der Waals surface area contributed by atoms with Gasteiger partial charge in [0.2, 0.25) is 5.91 Å². The number of rotatable bonds is 8. The summed E-state index contributed by atoms with van der Waals surface area (Å²) in [7, 11) is 0. The molecule has 1 saturated heterocycles. The molecule has 4 heteroatoms. The lowest BCUT2D eigenvalue weighted by atomic mass is 9.88. The van der Waals surface area contributed by atoms with Gasteiger partial charge in [-0.3, -0.25) is 4.79 Å². The fraction of sp³-hybridized carbons (Fsp3) is 0.310. The van der Waals surface area contributed by atoms with E-state index >= 15 is 0 Å². The largest absolute Gasteiger partial charge is 0.353 e. The van der Waals surface area contributed by atoms with Crippen molar-refractivity contribution in [2.24, 2.45) is 0 Å². The number of nitrogens with one attached hydrogen (secondary N) is 1. The Morgan fingerprint density at radius 3 is 2.03 bits per heavy atom. The van der Waals surface area contributed by atoms with Crippen LogP contribution in [-0.4, -0.2) is 36.5 Å². The molecule has 1 amide bonds. The summed E-state index contributed by atoms with van der Waals surface area (Å²) in [5, 5.41) is 12.1. The van der Waals surface area contributed by atoms with E-state index in [1.54, 1.807) is 12.1 Å². The van der Waals surface area contributed by atoms with Gasteiger partial charge in [-0.25, -0.2) is 0 Å². The maximum absolute atomic E-state index is 12.5. The molecule has 168 valence electrons. The van der Waals surface area contributed by atoms with E-state index in [1.165, 1.54) is 11.1 Å². The highest BCUT2D eigenvalue weighted by Gasteiger charge is 2.22. The summed E-state index contributed by atoms with van der Waals surface area (Å²) in [5.41, 5.74) is 4.30. The standard InChI is InChI=1S/C29H31N3O/c30-22-24-13-11-23(12-14-24)21-29(33)31-27-15-18-32(19-16-27)20-17-28(25-7-3-1-4-8-25)26-9-5-2-6-10-26/h1-14,27-28H,15-21H2,(H,31,33). The maximum Gasteiger partial charge on any atom is 0.224 e. The fourth-order valence-corrected chi connectivity index (χ4v) is 4.67. The van der Waals surface area contributed by atoms with E-state index in [0.717, 1.165) is 44.5 Å². The highest BCUT2D eigenvalue weighted by Crippen LogP contribution is 2.28. The first-order chi connectivity index (χ1) is 16.2. The topological polar surface area (TPSA) is 56.1 Å². The number of piperidine rings is 1. The molecule has 0 radical (unpaired) electrons. The van der Waals surface area contributed by atoms with Gasteiger partial charge in [0.05, 0.1) is 18.1 Å². The first-order valence-corrected chi connectivity index (χ1v) is 11.8. The van der Waals surface area contributed by atoms with Crippen molar-refractivity contribution in [1.82, 2.24) is 10.2 Å². The van der Waals surface area contributed by atoms with Crippen LogP contribution < -0.4 is 5.32 Å². The molecule has 3 aromatic carbocycles. The van der Waals surface area contributed by atoms with Gasteiger partial charge in [0, 0.05) is 25.0 Å². The van der Waals surface area contributed by atoms with Crippen LogP contribution in [0.4, 0.5) is 0 Å². The molecule has 4 nitrogen and oxygen atoms in total. The Bertz CT molecular complexity index is 1010. The molecular weight excluding hydrogens is 406 g/mol. The van der Waals surface area contributed by atoms with E-state index in [-0.39, 0.29) is 11.9 Å². The Labute approximate surface area is 196 Å². The first-order valence-electron chi connectivity index (χ1n) is 11.8. The molecule has 0 saturated carbocycles. The van der Waals surface area contributed by atoms with Crippen LogP contribution >= 0.6 is 0 Å². The molecule has 0 unspecified atom stereocenters. The smallest absolute Gasteiger partial charge is 0.224 e. The first kappa shape index (κ1) is 22.8. The summed E-state index contributed by atoms with van der Waals surface area (Å²) < 4.78 is 0. The molecule has 1 aliphatic heterocycles. The Balaban J connectivity index is 1.25. The molecule has 33 heavy (non-hydrogen) atoms. The van der Waals surface area contributed by atoms with Crippen molar-refractivity contribution >= 4 is 5.91 Å². The number of nitriles is 1. The van der Waals surface area contributed by atoms with Gasteiger partial charge in [-0.2, -0.15) is 5.26 Å². The third-order valence-electron chi connectivity index (χ3n) is 6.54. The maximum atomic E-state index is 12.5. The van der Waals surface area contributed by atoms with Gasteiger partial charge in [-0.05, 0) is 54.6 Å². The summed E-state index contributed by atoms with van der Waals surface area (Å²) in [6.07, 6.45) is 3.42. The minimum Gasteiger partial charge on any atom is -0.353 e. The molecule has 0 spiro atoms. The van der Waals surface area contributed by atoms with E-state index in [0.29, 0.717) is 17.9 Å². The third-order valence-corrected chi connectivity index (χ3v) is 6.54. The van der Waals surface area contributed by atoms with Crippen LogP contribution in [0.3, 0.4) is 0 Å². The minimum absolute atomic E-state index is 0.0615. The van der Waals surface area contributed by atoms with E-state index in [4.69, 9.17) is 5.26 Å². The normalized spacial score (nSPS) is 14.7. The van der Waals surface area contributed by atoms with Gasteiger partial charge in [0.15, 0.2) is 0 Å². The molecule has 0 aromatic heterocycles. The van der Waals surface area contributed by atoms with Crippen molar-refractivity contribution in [3.8, 4) is 6.07 Å². The number of nitrogens with zero attached hydrogens (tertiary/aromatic N) is 2. The number of likely N-dealkylation sites (tertiary alicyclic amines) is 1. The van der Waals surface area contributed by atoms with Crippen molar-refractivity contribution < 1.29 is 4.79 Å². The van der Waals surface area contributed by atoms with Crippen molar-refractivity contribution in [2.75, 3.05) is 19.6 Å². The second kappa shape index (κ2) is 11.4. The molecule has 0 bridgehead atoms. The summed E-state index contributed by atoms with van der Waals surface area (Å²) in [6, 6.07) is 31.1. The molecular formula is C29H31N3O. The lowest BCUT2D eigenvalue weighted by Gasteiger charge is -2.33. The zero-order valence-corrected chi connectivity index (χ0v) is 19.0. The Kier molecular flexibility index (Phi) is 7.90. The SMILES string of the molecule is N#Cc1ccc(CC(=O)NC2CCN(CCC(c3ccccc3)c3ccccc3)CC2)cc1. The number of amides is 1. The average molecular weight is 438 g/mol. The number of benzene rings is 3. The molecule has 1 aliphatic rings. The number of carbonyl (C=O) groups is 1. The Hall–Kier alpha value is -3.42. The van der Waals surface area contributed by atoms with Crippen molar-refractivity contribution in [2.45, 2.75) is 37.6 Å². The van der Waals surface area contributed by atoms with Gasteiger partial charge in [-0.1, -0.05) is 72.8 Å². The predicted octanol–water partition coefficient (Wildman–Crippen LogP) is 4.90. The summed E-state index contributed by atoms with van der Waals surface area (Å²) in [4.78, 5) is 15.0. The van der Waals surface area contributed by atoms with Crippen LogP contribution in [0.2, 0.25) is 0 Å². The van der Waals surface area contributed by atoms with Gasteiger partial charge in [0.25, 0.3) is 0 Å². The third kappa shape index (κ3) is 6.54. The molecule has 4 rings (SSSR count). The van der Waals surface area contributed by atoms with Gasteiger partial charge in [-0.15, -0.1) is 0 Å². The zero-order chi connectivity index (χ0) is 22.9. The number of carbonyl (C=O) groups excluding carboxylic acids is 1. The molecule has 1 fully saturated rings. The zero-order valence-electron chi connectivity index (χ0n) is 19.0. The van der Waals surface area contributed by atoms with Crippen LogP contribution in [0.15, 0.2) is 84.9 Å². The highest BCUT2D eigenvalue weighted by atomic mass is 16.1. The van der Waals surface area contributed by atoms with Gasteiger partial charge < -0.3 is 10.2 Å². The van der Waals surface area contributed by atoms with Crippen LogP contribution in [-0.2, 0) is 11.2 Å². The molecule has 1 N–H and O–H groups in total. The number of hydrogen-bond acceptors (Lipinski definition) is 3. The Morgan fingerprint density at radius 1 is 0.909 bits per heavy atom. The van der Waals surface area contributed by atoms with Gasteiger partial charge in [0.1, 0.15) is 0 Å². The van der Waals surface area contributed by atoms with E-state index in [9.17, 15) is 4.79 Å². The molecule has 3 aromatic rings. The summed E-state index contributed by atoms with van der Waals surface area (Å²) in [5.74, 6) is 0.462. The average Bonchev–Trinajstić information content (AvgIpc) is 2.87. The van der Waals surface area contributed by atoms with E-state index < -0.39 is 0 Å². The summed E-state index contributed by atoms with van der Waals surface area (Å²) >= 11 is 0. The monoisotopic (exact) mass is 437 g/mol. The quantitative estimate of drug-likeness (QED) is 0.545. The molecule has 0 atom stereocenters. The lowest BCUT2D eigenvalue weighted by Crippen LogP contribution is -2.45. The van der Waals surface area contributed by atoms with Crippen LogP contribution in [0.1, 0.15) is 47.4 Å². The Morgan fingerprint density at radius 2 is 1.48 bits per heavy atom. The second-order valence-electron chi connectivity index (χ2n) is 8.83. The van der Waals surface area contributed by atoms with E-state index in [1.807, 2.05) is 12.1 Å². The molecule has 0 aliphatic carbocycles. The van der Waals surface area contributed by atoms with Crippen molar-refractivity contribution in [3.05, 3.63) is 107 Å². The molecule has 1 heterocycles. The van der Waals surface area contributed by atoms with Crippen molar-refractivity contribution in [1.29, 1.82) is 5.26 Å². The predicted molar refractivity (Wildman–Crippen MR) is 132 cm³/mol.